The fourth-order valence-electron chi connectivity index (χ4n) is 1.99. The van der Waals surface area contributed by atoms with Gasteiger partial charge in [-0.15, -0.1) is 0 Å². The molecule has 17 heavy (non-hydrogen) atoms. The third kappa shape index (κ3) is 2.86. The highest BCUT2D eigenvalue weighted by Crippen LogP contribution is 2.44. The molecule has 0 saturated heterocycles. The Kier molecular flexibility index (Phi) is 3.20. The molecule has 3 nitrogen and oxygen atoms in total. The van der Waals surface area contributed by atoms with Crippen LogP contribution in [0, 0.1) is 5.41 Å². The second kappa shape index (κ2) is 4.49. The molecule has 1 aromatic rings. The van der Waals surface area contributed by atoms with Crippen molar-refractivity contribution in [3.63, 3.8) is 0 Å². The van der Waals surface area contributed by atoms with Crippen LogP contribution >= 0.6 is 0 Å². The molecule has 0 heterocycles. The summed E-state index contributed by atoms with van der Waals surface area (Å²) >= 11 is 0. The topological polar surface area (TPSA) is 55.1 Å². The van der Waals surface area contributed by atoms with Gasteiger partial charge in [0.1, 0.15) is 0 Å². The summed E-state index contributed by atoms with van der Waals surface area (Å²) in [6, 6.07) is 8.03. The lowest BCUT2D eigenvalue weighted by molar-refractivity contribution is 0.0946. The number of nitrogens with one attached hydrogen (secondary N) is 1. The molecular weight excluding hydrogens is 212 g/mol. The summed E-state index contributed by atoms with van der Waals surface area (Å²) in [7, 11) is 0. The van der Waals surface area contributed by atoms with Crippen molar-refractivity contribution in [2.24, 2.45) is 11.1 Å². The highest BCUT2D eigenvalue weighted by atomic mass is 16.1. The Labute approximate surface area is 102 Å². The van der Waals surface area contributed by atoms with E-state index in [2.05, 4.69) is 19.2 Å². The van der Waals surface area contributed by atoms with Gasteiger partial charge in [0, 0.05) is 11.6 Å². The van der Waals surface area contributed by atoms with Crippen LogP contribution in [0.3, 0.4) is 0 Å². The van der Waals surface area contributed by atoms with E-state index in [1.165, 1.54) is 0 Å². The van der Waals surface area contributed by atoms with Crippen LogP contribution in [0.5, 0.6) is 0 Å². The number of benzene rings is 1. The Bertz CT molecular complexity index is 426. The molecule has 3 heteroatoms. The normalized spacial score (nSPS) is 21.0. The summed E-state index contributed by atoms with van der Waals surface area (Å²) in [6.45, 7) is 4.95. The van der Waals surface area contributed by atoms with Gasteiger partial charge < -0.3 is 11.1 Å². The standard InChI is InChI=1S/C14H20N2O/c1-14(2)9-12(14)16-13(17)11-5-3-4-10(8-11)6-7-15/h3-5,8,12H,6-7,9,15H2,1-2H3,(H,16,17). The van der Waals surface area contributed by atoms with Crippen molar-refractivity contribution in [3.8, 4) is 0 Å². The van der Waals surface area contributed by atoms with Crippen molar-refractivity contribution in [3.05, 3.63) is 35.4 Å². The van der Waals surface area contributed by atoms with E-state index in [0.29, 0.717) is 12.6 Å². The van der Waals surface area contributed by atoms with Crippen LogP contribution in [-0.2, 0) is 6.42 Å². The van der Waals surface area contributed by atoms with E-state index in [1.54, 1.807) is 0 Å². The zero-order chi connectivity index (χ0) is 12.5. The second-order valence-corrected chi connectivity index (χ2v) is 5.46. The average Bonchev–Trinajstić information content (AvgIpc) is 2.87. The summed E-state index contributed by atoms with van der Waals surface area (Å²) < 4.78 is 0. The van der Waals surface area contributed by atoms with Crippen molar-refractivity contribution < 1.29 is 4.79 Å². The molecule has 1 aromatic carbocycles. The van der Waals surface area contributed by atoms with E-state index >= 15 is 0 Å². The lowest BCUT2D eigenvalue weighted by atomic mass is 10.1. The fraction of sp³-hybridized carbons (Fsp3) is 0.500. The number of hydrogen-bond donors (Lipinski definition) is 2. The molecule has 0 aromatic heterocycles. The number of rotatable bonds is 4. The first-order valence-corrected chi connectivity index (χ1v) is 6.13. The van der Waals surface area contributed by atoms with Gasteiger partial charge in [-0.3, -0.25) is 4.79 Å². The summed E-state index contributed by atoms with van der Waals surface area (Å²) in [4.78, 5) is 12.0. The quantitative estimate of drug-likeness (QED) is 0.830. The third-order valence-electron chi connectivity index (χ3n) is 3.44. The Morgan fingerprint density at radius 3 is 2.82 bits per heavy atom. The molecule has 1 aliphatic rings. The molecule has 3 N–H and O–H groups in total. The number of carbonyl (C=O) groups is 1. The molecule has 0 radical (unpaired) electrons. The van der Waals surface area contributed by atoms with Crippen LogP contribution in [0.25, 0.3) is 0 Å². The van der Waals surface area contributed by atoms with Gasteiger partial charge in [0.25, 0.3) is 5.91 Å². The number of carbonyl (C=O) groups excluding carboxylic acids is 1. The molecule has 1 amide bonds. The van der Waals surface area contributed by atoms with E-state index in [1.807, 2.05) is 24.3 Å². The minimum atomic E-state index is 0.0273. The molecule has 1 unspecified atom stereocenters. The van der Waals surface area contributed by atoms with E-state index in [9.17, 15) is 4.79 Å². The van der Waals surface area contributed by atoms with Crippen LogP contribution in [0.1, 0.15) is 36.2 Å². The van der Waals surface area contributed by atoms with Gasteiger partial charge in [0.15, 0.2) is 0 Å². The van der Waals surface area contributed by atoms with Crippen molar-refractivity contribution in [2.75, 3.05) is 6.54 Å². The molecule has 1 fully saturated rings. The second-order valence-electron chi connectivity index (χ2n) is 5.46. The summed E-state index contributed by atoms with van der Waals surface area (Å²) in [5.74, 6) is 0.0273. The number of amides is 1. The van der Waals surface area contributed by atoms with Gasteiger partial charge in [0.2, 0.25) is 0 Å². The third-order valence-corrected chi connectivity index (χ3v) is 3.44. The van der Waals surface area contributed by atoms with Gasteiger partial charge in [0.05, 0.1) is 0 Å². The molecule has 0 aliphatic heterocycles. The van der Waals surface area contributed by atoms with Crippen LogP contribution < -0.4 is 11.1 Å². The minimum Gasteiger partial charge on any atom is -0.349 e. The smallest absolute Gasteiger partial charge is 0.251 e. The zero-order valence-corrected chi connectivity index (χ0v) is 10.5. The Hall–Kier alpha value is -1.35. The molecular formula is C14H20N2O. The highest BCUT2D eigenvalue weighted by Gasteiger charge is 2.46. The fourth-order valence-corrected chi connectivity index (χ4v) is 1.99. The molecule has 1 atom stereocenters. The predicted octanol–water partition coefficient (Wildman–Crippen LogP) is 1.72. The molecule has 1 saturated carbocycles. The van der Waals surface area contributed by atoms with Crippen LogP contribution in [0.4, 0.5) is 0 Å². The molecule has 92 valence electrons. The lowest BCUT2D eigenvalue weighted by Gasteiger charge is -2.08. The van der Waals surface area contributed by atoms with Crippen LogP contribution in [0.15, 0.2) is 24.3 Å². The van der Waals surface area contributed by atoms with Gasteiger partial charge in [-0.25, -0.2) is 0 Å². The van der Waals surface area contributed by atoms with Crippen molar-refractivity contribution >= 4 is 5.91 Å². The molecule has 0 bridgehead atoms. The summed E-state index contributed by atoms with van der Waals surface area (Å²) in [5.41, 5.74) is 7.64. The Balaban J connectivity index is 2.01. The lowest BCUT2D eigenvalue weighted by Crippen LogP contribution is -2.28. The van der Waals surface area contributed by atoms with Gasteiger partial charge in [-0.1, -0.05) is 26.0 Å². The maximum Gasteiger partial charge on any atom is 0.251 e. The largest absolute Gasteiger partial charge is 0.349 e. The van der Waals surface area contributed by atoms with Crippen molar-refractivity contribution in [1.82, 2.24) is 5.32 Å². The number of hydrogen-bond acceptors (Lipinski definition) is 2. The van der Waals surface area contributed by atoms with E-state index in [-0.39, 0.29) is 11.3 Å². The monoisotopic (exact) mass is 232 g/mol. The SMILES string of the molecule is CC1(C)CC1NC(=O)c1cccc(CCN)c1. The molecule has 0 spiro atoms. The average molecular weight is 232 g/mol. The summed E-state index contributed by atoms with van der Waals surface area (Å²) in [6.07, 6.45) is 1.89. The van der Waals surface area contributed by atoms with E-state index in [0.717, 1.165) is 24.0 Å². The van der Waals surface area contributed by atoms with Crippen LogP contribution in [-0.4, -0.2) is 18.5 Å². The van der Waals surface area contributed by atoms with Crippen molar-refractivity contribution in [2.45, 2.75) is 32.7 Å². The maximum absolute atomic E-state index is 12.0. The maximum atomic E-state index is 12.0. The van der Waals surface area contributed by atoms with Gasteiger partial charge in [-0.05, 0) is 42.5 Å². The Morgan fingerprint density at radius 2 is 2.24 bits per heavy atom. The van der Waals surface area contributed by atoms with Gasteiger partial charge in [-0.2, -0.15) is 0 Å². The van der Waals surface area contributed by atoms with E-state index in [4.69, 9.17) is 5.73 Å². The first-order valence-electron chi connectivity index (χ1n) is 6.13. The molecule has 2 rings (SSSR count). The van der Waals surface area contributed by atoms with Gasteiger partial charge >= 0.3 is 0 Å². The highest BCUT2D eigenvalue weighted by molar-refractivity contribution is 5.94. The minimum absolute atomic E-state index is 0.0273. The number of nitrogens with two attached hydrogens (primary N) is 1. The van der Waals surface area contributed by atoms with Crippen molar-refractivity contribution in [1.29, 1.82) is 0 Å². The predicted molar refractivity (Wildman–Crippen MR) is 68.9 cm³/mol. The first-order chi connectivity index (χ1) is 8.03. The molecule has 1 aliphatic carbocycles. The van der Waals surface area contributed by atoms with E-state index < -0.39 is 0 Å². The van der Waals surface area contributed by atoms with Crippen LogP contribution in [0.2, 0.25) is 0 Å². The Morgan fingerprint density at radius 1 is 1.53 bits per heavy atom. The first kappa shape index (κ1) is 12.1. The summed E-state index contributed by atoms with van der Waals surface area (Å²) in [5, 5.41) is 3.06. The zero-order valence-electron chi connectivity index (χ0n) is 10.5.